The molecule has 244 valence electrons. The van der Waals surface area contributed by atoms with Crippen LogP contribution in [0.25, 0.3) is 22.5 Å². The highest BCUT2D eigenvalue weighted by atomic mass is 15.5. The summed E-state index contributed by atoms with van der Waals surface area (Å²) >= 11 is 0. The third-order valence-corrected chi connectivity index (χ3v) is 9.65. The minimum Gasteiger partial charge on any atom is -0.302 e. The van der Waals surface area contributed by atoms with Gasteiger partial charge in [0, 0.05) is 33.8 Å². The lowest BCUT2D eigenvalue weighted by Crippen LogP contribution is -2.54. The largest absolute Gasteiger partial charge is 0.302 e. The van der Waals surface area contributed by atoms with Gasteiger partial charge < -0.3 is 9.80 Å². The number of nitrogens with zero attached hydrogens (tertiary/aromatic N) is 4. The van der Waals surface area contributed by atoms with Crippen LogP contribution in [-0.4, -0.2) is 16.1 Å². The topological polar surface area (TPSA) is 32.3 Å². The molecule has 0 bridgehead atoms. The maximum atomic E-state index is 5.59. The normalized spacial score (nSPS) is 18.6. The van der Waals surface area contributed by atoms with E-state index in [1.54, 1.807) is 0 Å². The molecule has 0 saturated carbocycles. The summed E-state index contributed by atoms with van der Waals surface area (Å²) < 4.78 is 0. The van der Waals surface area contributed by atoms with E-state index >= 15 is 0 Å². The van der Waals surface area contributed by atoms with Gasteiger partial charge in [0.1, 0.15) is 6.17 Å². The number of aryl methyl sites for hydroxylation is 2. The molecule has 0 radical (unpaired) electrons. The van der Waals surface area contributed by atoms with Crippen molar-refractivity contribution in [3.63, 3.8) is 0 Å². The zero-order valence-corrected chi connectivity index (χ0v) is 29.9. The first-order valence-electron chi connectivity index (χ1n) is 17.2. The highest BCUT2D eigenvalue weighted by molar-refractivity contribution is 5.91. The average molecular weight is 625 g/mol. The molecule has 3 atom stereocenters. The summed E-state index contributed by atoms with van der Waals surface area (Å²) in [5, 5.41) is 0. The SMILES string of the molecule is C=C.CC.CC.CCC1(C)c2ccccc2N2c3nc(-c4ccccc4C)c(-c4ccccc4C)nc3N(c3ccccc3)C2C1C. The van der Waals surface area contributed by atoms with E-state index in [9.17, 15) is 0 Å². The van der Waals surface area contributed by atoms with E-state index in [0.29, 0.717) is 5.92 Å². The Kier molecular flexibility index (Phi) is 11.4. The van der Waals surface area contributed by atoms with Crippen molar-refractivity contribution in [2.75, 3.05) is 9.80 Å². The van der Waals surface area contributed by atoms with Crippen molar-refractivity contribution in [3.05, 3.63) is 133 Å². The summed E-state index contributed by atoms with van der Waals surface area (Å²) in [6, 6.07) is 36.7. The molecule has 7 rings (SSSR count). The predicted octanol–water partition coefficient (Wildman–Crippen LogP) is 12.2. The number of para-hydroxylation sites is 2. The first-order chi connectivity index (χ1) is 22.9. The summed E-state index contributed by atoms with van der Waals surface area (Å²) in [6.07, 6.45) is 1.10. The molecule has 4 aromatic carbocycles. The lowest BCUT2D eigenvalue weighted by Gasteiger charge is -2.50. The Balaban J connectivity index is 0.000000790. The molecule has 2 aliphatic rings. The van der Waals surface area contributed by atoms with Gasteiger partial charge in [-0.1, -0.05) is 133 Å². The number of rotatable bonds is 4. The van der Waals surface area contributed by atoms with Gasteiger partial charge in [-0.15, -0.1) is 13.2 Å². The van der Waals surface area contributed by atoms with Gasteiger partial charge in [0.25, 0.3) is 0 Å². The molecule has 47 heavy (non-hydrogen) atoms. The van der Waals surface area contributed by atoms with E-state index in [-0.39, 0.29) is 11.6 Å². The Morgan fingerprint density at radius 2 is 1.09 bits per heavy atom. The second-order valence-corrected chi connectivity index (χ2v) is 11.8. The van der Waals surface area contributed by atoms with E-state index in [1.807, 2.05) is 27.7 Å². The second-order valence-electron chi connectivity index (χ2n) is 11.8. The zero-order valence-electron chi connectivity index (χ0n) is 29.9. The smallest absolute Gasteiger partial charge is 0.179 e. The van der Waals surface area contributed by atoms with Crippen molar-refractivity contribution < 1.29 is 0 Å². The molecule has 0 N–H and O–H groups in total. The average Bonchev–Trinajstić information content (AvgIpc) is 3.47. The van der Waals surface area contributed by atoms with Crippen LogP contribution >= 0.6 is 0 Å². The Labute approximate surface area is 283 Å². The van der Waals surface area contributed by atoms with Crippen LogP contribution in [0, 0.1) is 19.8 Å². The third kappa shape index (κ3) is 5.98. The van der Waals surface area contributed by atoms with Crippen LogP contribution in [-0.2, 0) is 5.41 Å². The van der Waals surface area contributed by atoms with E-state index in [2.05, 4.69) is 161 Å². The first-order valence-corrected chi connectivity index (χ1v) is 17.2. The standard InChI is InChI=1S/C37H36N4.2C2H6.C2H4/c1-6-37(5)26(4)36-40(27-18-8-7-9-19-27)34-35(41(36)31-23-15-14-22-30(31)37)39-33(29-21-13-11-17-25(29)3)32(38-34)28-20-12-10-16-24(28)2;3*1-2/h7-23,26,36H,6H2,1-5H3;2*1-2H3;1-2H2. The lowest BCUT2D eigenvalue weighted by atomic mass is 9.66. The number of hydrogen-bond acceptors (Lipinski definition) is 4. The maximum Gasteiger partial charge on any atom is 0.179 e. The molecule has 4 nitrogen and oxygen atoms in total. The second kappa shape index (κ2) is 15.3. The maximum absolute atomic E-state index is 5.59. The number of hydrogen-bond donors (Lipinski definition) is 0. The van der Waals surface area contributed by atoms with Gasteiger partial charge in [-0.05, 0) is 55.2 Å². The Morgan fingerprint density at radius 1 is 0.638 bits per heavy atom. The number of fused-ring (bicyclic) bond motifs is 5. The lowest BCUT2D eigenvalue weighted by molar-refractivity contribution is 0.249. The van der Waals surface area contributed by atoms with Crippen molar-refractivity contribution in [3.8, 4) is 22.5 Å². The number of benzene rings is 4. The number of aromatic nitrogens is 2. The van der Waals surface area contributed by atoms with Gasteiger partial charge in [0.2, 0.25) is 0 Å². The Hall–Kier alpha value is -4.70. The van der Waals surface area contributed by atoms with Crippen LogP contribution in [0.4, 0.5) is 23.0 Å². The molecule has 0 aliphatic carbocycles. The van der Waals surface area contributed by atoms with Crippen LogP contribution in [0.3, 0.4) is 0 Å². The first kappa shape index (κ1) is 35.2. The van der Waals surface area contributed by atoms with Crippen LogP contribution in [0.2, 0.25) is 0 Å². The van der Waals surface area contributed by atoms with Crippen LogP contribution < -0.4 is 9.80 Å². The summed E-state index contributed by atoms with van der Waals surface area (Å²) in [5.74, 6) is 2.15. The number of anilines is 4. The van der Waals surface area contributed by atoms with E-state index in [4.69, 9.17) is 9.97 Å². The molecular formula is C43H52N4. The molecule has 2 aliphatic heterocycles. The monoisotopic (exact) mass is 624 g/mol. The molecule has 0 spiro atoms. The highest BCUT2D eigenvalue weighted by Gasteiger charge is 2.53. The molecule has 0 saturated heterocycles. The van der Waals surface area contributed by atoms with Crippen molar-refractivity contribution in [2.24, 2.45) is 5.92 Å². The molecule has 5 aromatic rings. The summed E-state index contributed by atoms with van der Waals surface area (Å²) in [7, 11) is 0. The minimum absolute atomic E-state index is 0.00449. The van der Waals surface area contributed by atoms with Gasteiger partial charge in [0.05, 0.1) is 11.4 Å². The van der Waals surface area contributed by atoms with Gasteiger partial charge in [0.15, 0.2) is 11.6 Å². The fraction of sp³-hybridized carbons (Fsp3) is 0.302. The highest BCUT2D eigenvalue weighted by Crippen LogP contribution is 2.58. The minimum atomic E-state index is 0.00449. The van der Waals surface area contributed by atoms with Crippen molar-refractivity contribution >= 4 is 23.0 Å². The van der Waals surface area contributed by atoms with Crippen molar-refractivity contribution in [2.45, 2.75) is 80.3 Å². The molecule has 3 unspecified atom stereocenters. The molecular weight excluding hydrogens is 573 g/mol. The van der Waals surface area contributed by atoms with Gasteiger partial charge in [-0.25, -0.2) is 9.97 Å². The molecule has 1 aromatic heterocycles. The molecule has 0 fully saturated rings. The van der Waals surface area contributed by atoms with E-state index < -0.39 is 0 Å². The van der Waals surface area contributed by atoms with Gasteiger partial charge >= 0.3 is 0 Å². The fourth-order valence-electron chi connectivity index (χ4n) is 6.98. The van der Waals surface area contributed by atoms with Crippen LogP contribution in [0.5, 0.6) is 0 Å². The summed E-state index contributed by atoms with van der Waals surface area (Å²) in [6.45, 7) is 25.5. The van der Waals surface area contributed by atoms with Gasteiger partial charge in [-0.2, -0.15) is 0 Å². The molecule has 0 amide bonds. The summed E-state index contributed by atoms with van der Waals surface area (Å²) in [4.78, 5) is 16.1. The molecule has 4 heteroatoms. The Morgan fingerprint density at radius 3 is 1.60 bits per heavy atom. The van der Waals surface area contributed by atoms with Crippen molar-refractivity contribution in [1.82, 2.24) is 9.97 Å². The third-order valence-electron chi connectivity index (χ3n) is 9.65. The van der Waals surface area contributed by atoms with Crippen LogP contribution in [0.15, 0.2) is 116 Å². The fourth-order valence-corrected chi connectivity index (χ4v) is 6.98. The van der Waals surface area contributed by atoms with Gasteiger partial charge in [-0.3, -0.25) is 0 Å². The summed E-state index contributed by atoms with van der Waals surface area (Å²) in [5.41, 5.74) is 10.2. The van der Waals surface area contributed by atoms with Crippen molar-refractivity contribution in [1.29, 1.82) is 0 Å². The van der Waals surface area contributed by atoms with E-state index in [1.165, 1.54) is 22.4 Å². The molecule has 3 heterocycles. The van der Waals surface area contributed by atoms with Crippen LogP contribution in [0.1, 0.15) is 71.6 Å². The Bertz CT molecular complexity index is 1780. The van der Waals surface area contributed by atoms with E-state index in [0.717, 1.165) is 46.3 Å². The predicted molar refractivity (Wildman–Crippen MR) is 204 cm³/mol. The zero-order chi connectivity index (χ0) is 34.3. The quantitative estimate of drug-likeness (QED) is 0.186.